The van der Waals surface area contributed by atoms with E-state index in [9.17, 15) is 4.79 Å². The standard InChI is InChI=1S/C19H25N5OS/c1-3-21-19(22-12-15(2)26-17-9-5-4-6-10-17)23-14-18(25)24-16-8-7-11-20-13-16/h4-11,13,15H,3,12,14H2,1-2H3,(H,24,25)(H2,21,22,23). The number of nitrogens with one attached hydrogen (secondary N) is 3. The summed E-state index contributed by atoms with van der Waals surface area (Å²) in [7, 11) is 0. The van der Waals surface area contributed by atoms with E-state index in [2.05, 4.69) is 45.0 Å². The predicted octanol–water partition coefficient (Wildman–Crippen LogP) is 2.76. The number of amides is 1. The molecule has 1 heterocycles. The number of nitrogens with zero attached hydrogens (tertiary/aromatic N) is 2. The molecule has 1 unspecified atom stereocenters. The fourth-order valence-electron chi connectivity index (χ4n) is 2.14. The Morgan fingerprint density at radius 1 is 1.19 bits per heavy atom. The summed E-state index contributed by atoms with van der Waals surface area (Å²) in [5, 5.41) is 9.58. The molecule has 0 aliphatic heterocycles. The van der Waals surface area contributed by atoms with Crippen LogP contribution in [0.4, 0.5) is 5.69 Å². The smallest absolute Gasteiger partial charge is 0.246 e. The lowest BCUT2D eigenvalue weighted by atomic mass is 10.4. The number of guanidine groups is 1. The minimum atomic E-state index is -0.179. The first-order valence-corrected chi connectivity index (χ1v) is 9.49. The molecule has 0 fully saturated rings. The number of carbonyl (C=O) groups is 1. The van der Waals surface area contributed by atoms with Crippen molar-refractivity contribution in [1.82, 2.24) is 15.6 Å². The van der Waals surface area contributed by atoms with Gasteiger partial charge in [0.1, 0.15) is 6.54 Å². The maximum Gasteiger partial charge on any atom is 0.246 e. The molecule has 0 bridgehead atoms. The Bertz CT molecular complexity index is 694. The molecule has 0 radical (unpaired) electrons. The van der Waals surface area contributed by atoms with Crippen molar-refractivity contribution in [3.63, 3.8) is 0 Å². The molecule has 7 heteroatoms. The maximum atomic E-state index is 12.0. The number of aromatic nitrogens is 1. The summed E-state index contributed by atoms with van der Waals surface area (Å²) in [5.74, 6) is 0.455. The van der Waals surface area contributed by atoms with Crippen molar-refractivity contribution in [2.45, 2.75) is 24.0 Å². The molecule has 0 saturated heterocycles. The zero-order valence-electron chi connectivity index (χ0n) is 15.1. The van der Waals surface area contributed by atoms with Gasteiger partial charge in [0.05, 0.1) is 11.9 Å². The van der Waals surface area contributed by atoms with Crippen LogP contribution in [0, 0.1) is 0 Å². The summed E-state index contributed by atoms with van der Waals surface area (Å²) in [6.45, 7) is 5.68. The van der Waals surface area contributed by atoms with Crippen LogP contribution >= 0.6 is 11.8 Å². The van der Waals surface area contributed by atoms with Crippen molar-refractivity contribution >= 4 is 29.3 Å². The van der Waals surface area contributed by atoms with Crippen molar-refractivity contribution < 1.29 is 4.79 Å². The summed E-state index contributed by atoms with van der Waals surface area (Å²) in [6, 6.07) is 13.9. The van der Waals surface area contributed by atoms with Crippen molar-refractivity contribution in [1.29, 1.82) is 0 Å². The lowest BCUT2D eigenvalue weighted by Crippen LogP contribution is -2.40. The van der Waals surface area contributed by atoms with Crippen LogP contribution in [0.2, 0.25) is 0 Å². The molecule has 0 saturated carbocycles. The van der Waals surface area contributed by atoms with Gasteiger partial charge in [0, 0.05) is 29.4 Å². The average molecular weight is 372 g/mol. The molecule has 1 aromatic heterocycles. The van der Waals surface area contributed by atoms with E-state index in [4.69, 9.17) is 0 Å². The second kappa shape index (κ2) is 11.1. The topological polar surface area (TPSA) is 78.4 Å². The van der Waals surface area contributed by atoms with E-state index in [1.54, 1.807) is 36.3 Å². The van der Waals surface area contributed by atoms with Gasteiger partial charge in [0.25, 0.3) is 0 Å². The van der Waals surface area contributed by atoms with Crippen molar-refractivity contribution in [2.75, 3.05) is 25.0 Å². The number of aliphatic imine (C=N–C) groups is 1. The molecule has 1 aromatic carbocycles. The van der Waals surface area contributed by atoms with Crippen LogP contribution in [0.15, 0.2) is 64.7 Å². The highest BCUT2D eigenvalue weighted by Gasteiger charge is 2.07. The first kappa shape index (κ1) is 19.8. The molecule has 26 heavy (non-hydrogen) atoms. The maximum absolute atomic E-state index is 12.0. The molecular formula is C19H25N5OS. The van der Waals surface area contributed by atoms with E-state index < -0.39 is 0 Å². The number of benzene rings is 1. The van der Waals surface area contributed by atoms with Crippen LogP contribution in [0.1, 0.15) is 13.8 Å². The molecule has 0 aliphatic carbocycles. The highest BCUT2D eigenvalue weighted by atomic mass is 32.2. The second-order valence-corrected chi connectivity index (χ2v) is 7.12. The summed E-state index contributed by atoms with van der Waals surface area (Å²) in [5.41, 5.74) is 0.665. The minimum Gasteiger partial charge on any atom is -0.357 e. The highest BCUT2D eigenvalue weighted by molar-refractivity contribution is 8.00. The third kappa shape index (κ3) is 7.57. The number of anilines is 1. The number of carbonyl (C=O) groups excluding carboxylic acids is 1. The van der Waals surface area contributed by atoms with Gasteiger partial charge in [0.2, 0.25) is 5.91 Å². The Balaban J connectivity index is 1.80. The highest BCUT2D eigenvalue weighted by Crippen LogP contribution is 2.21. The quantitative estimate of drug-likeness (QED) is 0.378. The van der Waals surface area contributed by atoms with Crippen LogP contribution in [-0.2, 0) is 4.79 Å². The summed E-state index contributed by atoms with van der Waals surface area (Å²) >= 11 is 1.80. The van der Waals surface area contributed by atoms with Gasteiger partial charge >= 0.3 is 0 Å². The van der Waals surface area contributed by atoms with Crippen LogP contribution < -0.4 is 16.0 Å². The van der Waals surface area contributed by atoms with Crippen LogP contribution in [0.25, 0.3) is 0 Å². The first-order valence-electron chi connectivity index (χ1n) is 8.61. The summed E-state index contributed by atoms with van der Waals surface area (Å²) in [4.78, 5) is 21.5. The normalized spacial score (nSPS) is 12.3. The SMILES string of the molecule is CCNC(=NCC(=O)Nc1cccnc1)NCC(C)Sc1ccccc1. The van der Waals surface area contributed by atoms with E-state index in [1.165, 1.54) is 4.90 Å². The lowest BCUT2D eigenvalue weighted by molar-refractivity contribution is -0.114. The zero-order chi connectivity index (χ0) is 18.6. The number of rotatable bonds is 8. The monoisotopic (exact) mass is 371 g/mol. The van der Waals surface area contributed by atoms with Crippen LogP contribution in [0.5, 0.6) is 0 Å². The van der Waals surface area contributed by atoms with Crippen molar-refractivity contribution in [3.05, 3.63) is 54.9 Å². The third-order valence-electron chi connectivity index (χ3n) is 3.31. The predicted molar refractivity (Wildman–Crippen MR) is 109 cm³/mol. The van der Waals surface area contributed by atoms with E-state index >= 15 is 0 Å². The Kier molecular flexibility index (Phi) is 8.48. The fraction of sp³-hybridized carbons (Fsp3) is 0.316. The molecule has 3 N–H and O–H groups in total. The molecule has 138 valence electrons. The minimum absolute atomic E-state index is 0.0461. The van der Waals surface area contributed by atoms with Gasteiger partial charge in [-0.15, -0.1) is 11.8 Å². The van der Waals surface area contributed by atoms with E-state index in [0.717, 1.165) is 13.1 Å². The molecule has 2 rings (SSSR count). The Morgan fingerprint density at radius 3 is 2.69 bits per heavy atom. The van der Waals surface area contributed by atoms with Crippen LogP contribution in [0.3, 0.4) is 0 Å². The van der Waals surface area contributed by atoms with Gasteiger partial charge in [-0.1, -0.05) is 25.1 Å². The molecular weight excluding hydrogens is 346 g/mol. The fourth-order valence-corrected chi connectivity index (χ4v) is 3.09. The average Bonchev–Trinajstić information content (AvgIpc) is 2.65. The Hall–Kier alpha value is -2.54. The number of pyridine rings is 1. The molecule has 0 spiro atoms. The van der Waals surface area contributed by atoms with Crippen molar-refractivity contribution in [2.24, 2.45) is 4.99 Å². The third-order valence-corrected chi connectivity index (χ3v) is 4.42. The van der Waals surface area contributed by atoms with E-state index in [1.807, 2.05) is 25.1 Å². The van der Waals surface area contributed by atoms with Crippen molar-refractivity contribution in [3.8, 4) is 0 Å². The van der Waals surface area contributed by atoms with Gasteiger partial charge in [-0.25, -0.2) is 4.99 Å². The van der Waals surface area contributed by atoms with Gasteiger partial charge in [0.15, 0.2) is 5.96 Å². The molecule has 1 atom stereocenters. The number of hydrogen-bond acceptors (Lipinski definition) is 4. The largest absolute Gasteiger partial charge is 0.357 e. The summed E-state index contributed by atoms with van der Waals surface area (Å²) in [6.07, 6.45) is 3.27. The molecule has 0 aliphatic rings. The van der Waals surface area contributed by atoms with E-state index in [-0.39, 0.29) is 12.5 Å². The first-order chi connectivity index (χ1) is 12.7. The lowest BCUT2D eigenvalue weighted by Gasteiger charge is -2.15. The number of thioether (sulfide) groups is 1. The van der Waals surface area contributed by atoms with Gasteiger partial charge in [-0.05, 0) is 31.2 Å². The summed E-state index contributed by atoms with van der Waals surface area (Å²) < 4.78 is 0. The molecule has 6 nitrogen and oxygen atoms in total. The van der Waals surface area contributed by atoms with Crippen LogP contribution in [-0.4, -0.2) is 41.7 Å². The van der Waals surface area contributed by atoms with Gasteiger partial charge < -0.3 is 16.0 Å². The second-order valence-electron chi connectivity index (χ2n) is 5.61. The van der Waals surface area contributed by atoms with Gasteiger partial charge in [-0.2, -0.15) is 0 Å². The Labute approximate surface area is 158 Å². The van der Waals surface area contributed by atoms with Gasteiger partial charge in [-0.3, -0.25) is 9.78 Å². The zero-order valence-corrected chi connectivity index (χ0v) is 15.9. The Morgan fingerprint density at radius 2 is 2.00 bits per heavy atom. The molecule has 1 amide bonds. The number of hydrogen-bond donors (Lipinski definition) is 3. The molecule has 2 aromatic rings. The van der Waals surface area contributed by atoms with E-state index in [0.29, 0.717) is 16.9 Å².